The number of ether oxygens (including phenoxy) is 2. The summed E-state index contributed by atoms with van der Waals surface area (Å²) in [5.74, 6) is 0. The summed E-state index contributed by atoms with van der Waals surface area (Å²) in [6.45, 7) is 5.57. The van der Waals surface area contributed by atoms with Gasteiger partial charge in [0, 0.05) is 13.2 Å². The Morgan fingerprint density at radius 2 is 2.00 bits per heavy atom. The second kappa shape index (κ2) is 8.25. The quantitative estimate of drug-likeness (QED) is 0.586. The van der Waals surface area contributed by atoms with Crippen molar-refractivity contribution in [1.82, 2.24) is 0 Å². The predicted octanol–water partition coefficient (Wildman–Crippen LogP) is 3.31. The summed E-state index contributed by atoms with van der Waals surface area (Å²) in [4.78, 5) is 0. The highest BCUT2D eigenvalue weighted by atomic mass is 16.7. The smallest absolute Gasteiger partial charge is 0.157 e. The summed E-state index contributed by atoms with van der Waals surface area (Å²) in [7, 11) is 0. The summed E-state index contributed by atoms with van der Waals surface area (Å²) in [5, 5.41) is 0. The fraction of sp³-hybridized carbons (Fsp3) is 0.917. The van der Waals surface area contributed by atoms with Crippen LogP contribution in [-0.2, 0) is 9.47 Å². The summed E-state index contributed by atoms with van der Waals surface area (Å²) in [5.41, 5.74) is 0. The van der Waals surface area contributed by atoms with E-state index in [4.69, 9.17) is 9.47 Å². The van der Waals surface area contributed by atoms with E-state index in [2.05, 4.69) is 6.92 Å². The molecule has 2 heteroatoms. The third-order valence-corrected chi connectivity index (χ3v) is 2.59. The van der Waals surface area contributed by atoms with Gasteiger partial charge in [0.2, 0.25) is 0 Å². The second-order valence-corrected chi connectivity index (χ2v) is 3.93. The monoisotopic (exact) mass is 199 g/mol. The van der Waals surface area contributed by atoms with E-state index in [1.165, 1.54) is 38.5 Å². The first-order chi connectivity index (χ1) is 6.93. The van der Waals surface area contributed by atoms with E-state index < -0.39 is 0 Å². The van der Waals surface area contributed by atoms with Crippen molar-refractivity contribution >= 4 is 0 Å². The van der Waals surface area contributed by atoms with E-state index in [0.29, 0.717) is 0 Å². The molecular formula is C12H23O2. The highest BCUT2D eigenvalue weighted by molar-refractivity contribution is 4.54. The van der Waals surface area contributed by atoms with Gasteiger partial charge in [-0.1, -0.05) is 32.6 Å². The predicted molar refractivity (Wildman–Crippen MR) is 58.0 cm³/mol. The maximum absolute atomic E-state index is 5.63. The number of rotatable bonds is 7. The van der Waals surface area contributed by atoms with Crippen LogP contribution < -0.4 is 0 Å². The Hall–Kier alpha value is -0.0800. The fourth-order valence-electron chi connectivity index (χ4n) is 1.69. The maximum atomic E-state index is 5.63. The van der Waals surface area contributed by atoms with Crippen molar-refractivity contribution in [2.45, 2.75) is 57.7 Å². The van der Waals surface area contributed by atoms with Gasteiger partial charge in [0.25, 0.3) is 0 Å². The summed E-state index contributed by atoms with van der Waals surface area (Å²) >= 11 is 0. The minimum atomic E-state index is 0.0941. The van der Waals surface area contributed by atoms with Crippen LogP contribution in [0.4, 0.5) is 0 Å². The Morgan fingerprint density at radius 1 is 1.14 bits per heavy atom. The van der Waals surface area contributed by atoms with Gasteiger partial charge < -0.3 is 9.47 Å². The molecule has 1 fully saturated rings. The Balaban J connectivity index is 1.82. The summed E-state index contributed by atoms with van der Waals surface area (Å²) < 4.78 is 11.1. The fourth-order valence-corrected chi connectivity index (χ4v) is 1.69. The molecule has 1 aliphatic heterocycles. The number of hydrogen-bond acceptors (Lipinski definition) is 2. The van der Waals surface area contributed by atoms with Crippen LogP contribution in [0.5, 0.6) is 0 Å². The molecule has 1 heterocycles. The molecule has 14 heavy (non-hydrogen) atoms. The van der Waals surface area contributed by atoms with Crippen molar-refractivity contribution in [3.05, 3.63) is 6.92 Å². The van der Waals surface area contributed by atoms with E-state index in [1.54, 1.807) is 0 Å². The lowest BCUT2D eigenvalue weighted by Crippen LogP contribution is -2.22. The van der Waals surface area contributed by atoms with Crippen molar-refractivity contribution in [2.75, 3.05) is 13.2 Å². The zero-order valence-electron chi connectivity index (χ0n) is 9.17. The van der Waals surface area contributed by atoms with E-state index in [0.717, 1.165) is 26.1 Å². The van der Waals surface area contributed by atoms with Gasteiger partial charge in [-0.25, -0.2) is 0 Å². The molecule has 1 rings (SSSR count). The molecule has 0 aromatic carbocycles. The topological polar surface area (TPSA) is 18.5 Å². The highest BCUT2D eigenvalue weighted by Crippen LogP contribution is 2.14. The molecule has 2 nitrogen and oxygen atoms in total. The lowest BCUT2D eigenvalue weighted by molar-refractivity contribution is -0.162. The average Bonchev–Trinajstić information content (AvgIpc) is 2.25. The molecule has 1 unspecified atom stereocenters. The van der Waals surface area contributed by atoms with Gasteiger partial charge in [0.15, 0.2) is 6.29 Å². The first kappa shape index (κ1) is 12.0. The van der Waals surface area contributed by atoms with Crippen molar-refractivity contribution in [3.8, 4) is 0 Å². The van der Waals surface area contributed by atoms with Crippen LogP contribution in [0.3, 0.4) is 0 Å². The Bertz CT molecular complexity index is 119. The van der Waals surface area contributed by atoms with Crippen molar-refractivity contribution in [3.63, 3.8) is 0 Å². The van der Waals surface area contributed by atoms with E-state index in [-0.39, 0.29) is 6.29 Å². The van der Waals surface area contributed by atoms with Gasteiger partial charge in [-0.05, 0) is 25.7 Å². The van der Waals surface area contributed by atoms with E-state index >= 15 is 0 Å². The van der Waals surface area contributed by atoms with Gasteiger partial charge in [-0.15, -0.1) is 0 Å². The standard InChI is InChI=1S/C12H23O2/c1-2-3-4-5-7-10-13-12-9-6-8-11-14-12/h12H,1-11H2. The molecule has 0 saturated carbocycles. The van der Waals surface area contributed by atoms with Crippen molar-refractivity contribution in [1.29, 1.82) is 0 Å². The minimum absolute atomic E-state index is 0.0941. The van der Waals surface area contributed by atoms with Gasteiger partial charge in [0.05, 0.1) is 0 Å². The molecule has 0 aliphatic carbocycles. The van der Waals surface area contributed by atoms with Crippen LogP contribution in [0.15, 0.2) is 0 Å². The average molecular weight is 199 g/mol. The van der Waals surface area contributed by atoms with Crippen molar-refractivity contribution in [2.24, 2.45) is 0 Å². The normalized spacial score (nSPS) is 22.5. The molecule has 0 amide bonds. The molecule has 1 saturated heterocycles. The van der Waals surface area contributed by atoms with E-state index in [1.807, 2.05) is 0 Å². The molecule has 0 aromatic rings. The summed E-state index contributed by atoms with van der Waals surface area (Å²) in [6.07, 6.45) is 9.66. The zero-order chi connectivity index (χ0) is 10.1. The molecule has 1 atom stereocenters. The molecule has 0 bridgehead atoms. The highest BCUT2D eigenvalue weighted by Gasteiger charge is 2.12. The zero-order valence-corrected chi connectivity index (χ0v) is 9.17. The van der Waals surface area contributed by atoms with Gasteiger partial charge in [-0.2, -0.15) is 0 Å². The molecule has 83 valence electrons. The lowest BCUT2D eigenvalue weighted by Gasteiger charge is -2.22. The molecule has 1 aliphatic rings. The summed E-state index contributed by atoms with van der Waals surface area (Å²) in [6, 6.07) is 0. The number of unbranched alkanes of at least 4 members (excludes halogenated alkanes) is 4. The Labute approximate surface area is 88.0 Å². The van der Waals surface area contributed by atoms with E-state index in [9.17, 15) is 0 Å². The van der Waals surface area contributed by atoms with Crippen LogP contribution >= 0.6 is 0 Å². The maximum Gasteiger partial charge on any atom is 0.157 e. The lowest BCUT2D eigenvalue weighted by atomic mass is 10.2. The van der Waals surface area contributed by atoms with Gasteiger partial charge >= 0.3 is 0 Å². The minimum Gasteiger partial charge on any atom is -0.353 e. The van der Waals surface area contributed by atoms with Gasteiger partial charge in [0.1, 0.15) is 0 Å². The van der Waals surface area contributed by atoms with Gasteiger partial charge in [-0.3, -0.25) is 0 Å². The van der Waals surface area contributed by atoms with Crippen LogP contribution in [0.25, 0.3) is 0 Å². The van der Waals surface area contributed by atoms with Crippen LogP contribution in [0, 0.1) is 6.92 Å². The van der Waals surface area contributed by atoms with Crippen LogP contribution in [-0.4, -0.2) is 19.5 Å². The number of hydrogen-bond donors (Lipinski definition) is 0. The largest absolute Gasteiger partial charge is 0.353 e. The molecule has 0 N–H and O–H groups in total. The van der Waals surface area contributed by atoms with Crippen LogP contribution in [0.2, 0.25) is 0 Å². The van der Waals surface area contributed by atoms with Crippen LogP contribution in [0.1, 0.15) is 51.4 Å². The molecule has 1 radical (unpaired) electrons. The van der Waals surface area contributed by atoms with Crippen molar-refractivity contribution < 1.29 is 9.47 Å². The first-order valence-electron chi connectivity index (χ1n) is 5.96. The molecule has 0 spiro atoms. The third-order valence-electron chi connectivity index (χ3n) is 2.59. The third kappa shape index (κ3) is 5.61. The first-order valence-corrected chi connectivity index (χ1v) is 5.96. The SMILES string of the molecule is [CH2]CCCCCCOC1CCCCO1. The Morgan fingerprint density at radius 3 is 2.71 bits per heavy atom. The molecule has 0 aromatic heterocycles. The second-order valence-electron chi connectivity index (χ2n) is 3.93. The molecular weight excluding hydrogens is 176 g/mol. The Kier molecular flexibility index (Phi) is 7.06.